The highest BCUT2D eigenvalue weighted by atomic mass is 32.2. The molecule has 0 amide bonds. The van der Waals surface area contributed by atoms with Gasteiger partial charge in [-0.2, -0.15) is 0 Å². The minimum absolute atomic E-state index is 0.0480. The quantitative estimate of drug-likeness (QED) is 0.788. The Morgan fingerprint density at radius 2 is 1.68 bits per heavy atom. The molecular formula is C14H12O4S. The molecule has 0 unspecified atom stereocenters. The van der Waals surface area contributed by atoms with Gasteiger partial charge in [-0.25, -0.2) is 4.21 Å². The molecule has 0 aromatic heterocycles. The first kappa shape index (κ1) is 13.4. The second-order valence-corrected chi connectivity index (χ2v) is 5.48. The van der Waals surface area contributed by atoms with Gasteiger partial charge >= 0.3 is 0 Å². The Kier molecular flexibility index (Phi) is 3.76. The molecule has 0 saturated heterocycles. The molecule has 0 radical (unpaired) electrons. The summed E-state index contributed by atoms with van der Waals surface area (Å²) in [5.74, 6) is -0.990. The number of benzene rings is 1. The number of methoxy groups -OCH3 is 1. The second-order valence-electron chi connectivity index (χ2n) is 4.03. The first-order valence-corrected chi connectivity index (χ1v) is 6.72. The Bertz CT molecular complexity index is 623. The number of allylic oxidation sites excluding steroid dienone is 3. The van der Waals surface area contributed by atoms with Crippen LogP contribution >= 0.6 is 0 Å². The molecule has 0 fully saturated rings. The highest BCUT2D eigenvalue weighted by Gasteiger charge is 2.27. The number of aryl methyl sites for hydroxylation is 1. The van der Waals surface area contributed by atoms with Crippen LogP contribution in [0.3, 0.4) is 0 Å². The van der Waals surface area contributed by atoms with Crippen LogP contribution in [0.25, 0.3) is 0 Å². The van der Waals surface area contributed by atoms with Crippen molar-refractivity contribution in [3.8, 4) is 0 Å². The van der Waals surface area contributed by atoms with Crippen molar-refractivity contribution >= 4 is 22.4 Å². The highest BCUT2D eigenvalue weighted by Crippen LogP contribution is 2.22. The summed E-state index contributed by atoms with van der Waals surface area (Å²) in [4.78, 5) is 23.9. The first-order chi connectivity index (χ1) is 9.02. The van der Waals surface area contributed by atoms with E-state index in [1.165, 1.54) is 7.11 Å². The van der Waals surface area contributed by atoms with Gasteiger partial charge in [-0.15, -0.1) is 0 Å². The SMILES string of the molecule is COC1=CC(=O)C=C([S@@](=O)c2ccc(C)cc2)C1=O. The number of hydrogen-bond donors (Lipinski definition) is 0. The summed E-state index contributed by atoms with van der Waals surface area (Å²) < 4.78 is 17.1. The number of hydrogen-bond acceptors (Lipinski definition) is 4. The first-order valence-electron chi connectivity index (χ1n) is 5.57. The molecule has 1 aromatic rings. The molecule has 1 atom stereocenters. The molecule has 4 nitrogen and oxygen atoms in total. The van der Waals surface area contributed by atoms with E-state index in [4.69, 9.17) is 4.74 Å². The molecule has 0 aliphatic heterocycles. The molecule has 98 valence electrons. The van der Waals surface area contributed by atoms with E-state index in [0.29, 0.717) is 4.90 Å². The van der Waals surface area contributed by atoms with E-state index in [9.17, 15) is 13.8 Å². The van der Waals surface area contributed by atoms with Crippen LogP contribution in [-0.4, -0.2) is 22.9 Å². The smallest absolute Gasteiger partial charge is 0.237 e. The molecule has 19 heavy (non-hydrogen) atoms. The standard InChI is InChI=1S/C14H12O4S/c1-9-3-5-11(6-4-9)19(17)13-8-10(15)7-12(18-2)14(13)16/h3-8H,1-2H3/t19-/m0/s1. The molecule has 0 bridgehead atoms. The summed E-state index contributed by atoms with van der Waals surface area (Å²) in [5, 5.41) is 0. The molecule has 2 rings (SSSR count). The Balaban J connectivity index is 2.36. The summed E-state index contributed by atoms with van der Waals surface area (Å²) in [6, 6.07) is 6.95. The largest absolute Gasteiger partial charge is 0.492 e. The molecule has 0 heterocycles. The minimum Gasteiger partial charge on any atom is -0.492 e. The lowest BCUT2D eigenvalue weighted by molar-refractivity contribution is -0.117. The van der Waals surface area contributed by atoms with Crippen LogP contribution in [0.2, 0.25) is 0 Å². The van der Waals surface area contributed by atoms with Gasteiger partial charge in [0.2, 0.25) is 5.78 Å². The summed E-state index contributed by atoms with van der Waals surface area (Å²) >= 11 is 0. The van der Waals surface area contributed by atoms with E-state index in [1.807, 2.05) is 6.92 Å². The minimum atomic E-state index is -1.68. The van der Waals surface area contributed by atoms with Crippen LogP contribution in [0.1, 0.15) is 5.56 Å². The molecule has 0 N–H and O–H groups in total. The lowest BCUT2D eigenvalue weighted by Gasteiger charge is -2.12. The van der Waals surface area contributed by atoms with Gasteiger partial charge in [0.25, 0.3) is 0 Å². The average molecular weight is 276 g/mol. The zero-order chi connectivity index (χ0) is 14.0. The second kappa shape index (κ2) is 5.32. The predicted octanol–water partition coefficient (Wildman–Crippen LogP) is 1.67. The van der Waals surface area contributed by atoms with Gasteiger partial charge in [-0.1, -0.05) is 17.7 Å². The van der Waals surface area contributed by atoms with Gasteiger partial charge in [0.05, 0.1) is 22.8 Å². The summed E-state index contributed by atoms with van der Waals surface area (Å²) in [6.45, 7) is 1.91. The number of carbonyl (C=O) groups is 2. The van der Waals surface area contributed by atoms with Gasteiger partial charge in [0.1, 0.15) is 0 Å². The van der Waals surface area contributed by atoms with Crippen molar-refractivity contribution < 1.29 is 18.5 Å². The Morgan fingerprint density at radius 1 is 1.05 bits per heavy atom. The number of rotatable bonds is 3. The van der Waals surface area contributed by atoms with Crippen molar-refractivity contribution in [1.29, 1.82) is 0 Å². The summed E-state index contributed by atoms with van der Waals surface area (Å²) in [5.41, 5.74) is 1.03. The molecule has 1 aliphatic rings. The van der Waals surface area contributed by atoms with Gasteiger partial charge in [0.15, 0.2) is 11.5 Å². The lowest BCUT2D eigenvalue weighted by Crippen LogP contribution is -2.18. The third kappa shape index (κ3) is 2.71. The van der Waals surface area contributed by atoms with E-state index in [1.54, 1.807) is 24.3 Å². The zero-order valence-corrected chi connectivity index (χ0v) is 11.3. The van der Waals surface area contributed by atoms with E-state index >= 15 is 0 Å². The van der Waals surface area contributed by atoms with Crippen molar-refractivity contribution in [3.05, 3.63) is 52.6 Å². The Hall–Kier alpha value is -2.01. The van der Waals surface area contributed by atoms with Gasteiger partial charge in [0, 0.05) is 17.0 Å². The van der Waals surface area contributed by atoms with Crippen molar-refractivity contribution in [2.45, 2.75) is 11.8 Å². The van der Waals surface area contributed by atoms with E-state index < -0.39 is 22.4 Å². The van der Waals surface area contributed by atoms with Crippen LogP contribution in [0, 0.1) is 6.92 Å². The van der Waals surface area contributed by atoms with Crippen molar-refractivity contribution in [2.24, 2.45) is 0 Å². The topological polar surface area (TPSA) is 60.4 Å². The molecular weight excluding hydrogens is 264 g/mol. The van der Waals surface area contributed by atoms with Crippen molar-refractivity contribution in [3.63, 3.8) is 0 Å². The maximum atomic E-state index is 12.3. The van der Waals surface area contributed by atoms with Gasteiger partial charge in [-0.05, 0) is 19.1 Å². The van der Waals surface area contributed by atoms with Crippen molar-refractivity contribution in [1.82, 2.24) is 0 Å². The highest BCUT2D eigenvalue weighted by molar-refractivity contribution is 7.90. The number of ether oxygens (including phenoxy) is 1. The van der Waals surface area contributed by atoms with Crippen molar-refractivity contribution in [2.75, 3.05) is 7.11 Å². The van der Waals surface area contributed by atoms with Gasteiger partial charge in [-0.3, -0.25) is 9.59 Å². The third-order valence-electron chi connectivity index (χ3n) is 2.65. The fraction of sp³-hybridized carbons (Fsp3) is 0.143. The monoisotopic (exact) mass is 276 g/mol. The van der Waals surface area contributed by atoms with Crippen LogP contribution < -0.4 is 0 Å². The van der Waals surface area contributed by atoms with E-state index in [2.05, 4.69) is 0 Å². The van der Waals surface area contributed by atoms with Crippen LogP contribution in [-0.2, 0) is 25.1 Å². The van der Waals surface area contributed by atoms with Crippen LogP contribution in [0.15, 0.2) is 52.0 Å². The van der Waals surface area contributed by atoms with E-state index in [0.717, 1.165) is 17.7 Å². The zero-order valence-electron chi connectivity index (χ0n) is 10.5. The Morgan fingerprint density at radius 3 is 2.26 bits per heavy atom. The number of carbonyl (C=O) groups excluding carboxylic acids is 2. The normalized spacial score (nSPS) is 16.7. The maximum Gasteiger partial charge on any atom is 0.237 e. The molecule has 1 aliphatic carbocycles. The number of Topliss-reactive ketones (excluding diaryl/α,β-unsaturated/α-hetero) is 1. The predicted molar refractivity (Wildman–Crippen MR) is 70.8 cm³/mol. The molecule has 0 spiro atoms. The fourth-order valence-corrected chi connectivity index (χ4v) is 2.76. The van der Waals surface area contributed by atoms with Crippen LogP contribution in [0.5, 0.6) is 0 Å². The summed E-state index contributed by atoms with van der Waals surface area (Å²) in [7, 11) is -0.381. The Labute approximate surface area is 113 Å². The third-order valence-corrected chi connectivity index (χ3v) is 4.05. The maximum absolute atomic E-state index is 12.3. The molecule has 0 saturated carbocycles. The van der Waals surface area contributed by atoms with E-state index in [-0.39, 0.29) is 10.7 Å². The fourth-order valence-electron chi connectivity index (χ4n) is 1.63. The average Bonchev–Trinajstić information content (AvgIpc) is 2.41. The summed E-state index contributed by atoms with van der Waals surface area (Å²) in [6.07, 6.45) is 2.19. The molecule has 1 aromatic carbocycles. The lowest BCUT2D eigenvalue weighted by atomic mass is 10.1. The van der Waals surface area contributed by atoms with Gasteiger partial charge < -0.3 is 4.74 Å². The van der Waals surface area contributed by atoms with Crippen LogP contribution in [0.4, 0.5) is 0 Å². The number of ketones is 2. The molecule has 5 heteroatoms.